The SMILES string of the molecule is C=CC=C[C@H](C)[C@H](OCc1ccc(OC)cc1)[C@@H](C)[C@H](O[Si](C)(C)C(C)(C)C)[C@@H](C)CI. The summed E-state index contributed by atoms with van der Waals surface area (Å²) in [5.74, 6) is 1.80. The molecule has 32 heavy (non-hydrogen) atoms. The van der Waals surface area contributed by atoms with Crippen molar-refractivity contribution in [3.8, 4) is 5.75 Å². The first-order valence-corrected chi connectivity index (χ1v) is 16.1. The average molecular weight is 573 g/mol. The van der Waals surface area contributed by atoms with Gasteiger partial charge in [-0.15, -0.1) is 0 Å². The van der Waals surface area contributed by atoms with Crippen LogP contribution in [0.15, 0.2) is 49.1 Å². The number of hydrogen-bond donors (Lipinski definition) is 0. The van der Waals surface area contributed by atoms with E-state index in [9.17, 15) is 0 Å². The predicted molar refractivity (Wildman–Crippen MR) is 149 cm³/mol. The second-order valence-corrected chi connectivity index (χ2v) is 16.1. The van der Waals surface area contributed by atoms with Crippen molar-refractivity contribution in [2.24, 2.45) is 17.8 Å². The monoisotopic (exact) mass is 572 g/mol. The van der Waals surface area contributed by atoms with Crippen LogP contribution < -0.4 is 4.74 Å². The molecule has 3 nitrogen and oxygen atoms in total. The van der Waals surface area contributed by atoms with E-state index in [0.29, 0.717) is 12.5 Å². The van der Waals surface area contributed by atoms with E-state index in [1.807, 2.05) is 24.3 Å². The third-order valence-electron chi connectivity index (χ3n) is 6.75. The zero-order valence-electron chi connectivity index (χ0n) is 21.7. The van der Waals surface area contributed by atoms with Crippen LogP contribution in [0, 0.1) is 17.8 Å². The van der Waals surface area contributed by atoms with Gasteiger partial charge in [0.2, 0.25) is 0 Å². The van der Waals surface area contributed by atoms with Gasteiger partial charge in [0.1, 0.15) is 5.75 Å². The lowest BCUT2D eigenvalue weighted by atomic mass is 9.84. The van der Waals surface area contributed by atoms with Crippen LogP contribution in [0.4, 0.5) is 0 Å². The van der Waals surface area contributed by atoms with Crippen LogP contribution in [0.2, 0.25) is 18.1 Å². The van der Waals surface area contributed by atoms with Crippen molar-refractivity contribution in [1.82, 2.24) is 0 Å². The molecule has 0 aromatic heterocycles. The average Bonchev–Trinajstić information content (AvgIpc) is 2.75. The first-order valence-electron chi connectivity index (χ1n) is 11.7. The Kier molecular flexibility index (Phi) is 12.2. The largest absolute Gasteiger partial charge is 0.497 e. The molecule has 0 saturated heterocycles. The normalized spacial score (nSPS) is 17.6. The highest BCUT2D eigenvalue weighted by molar-refractivity contribution is 14.1. The van der Waals surface area contributed by atoms with E-state index in [4.69, 9.17) is 13.9 Å². The molecule has 0 amide bonds. The van der Waals surface area contributed by atoms with E-state index in [2.05, 4.69) is 102 Å². The number of methoxy groups -OCH3 is 1. The van der Waals surface area contributed by atoms with Crippen LogP contribution >= 0.6 is 22.6 Å². The molecule has 0 aliphatic carbocycles. The molecule has 0 radical (unpaired) electrons. The zero-order chi connectivity index (χ0) is 24.5. The van der Waals surface area contributed by atoms with E-state index < -0.39 is 8.32 Å². The van der Waals surface area contributed by atoms with Crippen LogP contribution in [-0.4, -0.2) is 32.1 Å². The molecule has 182 valence electrons. The molecule has 0 heterocycles. The summed E-state index contributed by atoms with van der Waals surface area (Å²) in [6, 6.07) is 8.11. The second-order valence-electron chi connectivity index (χ2n) is 10.4. The molecule has 0 bridgehead atoms. The van der Waals surface area contributed by atoms with Gasteiger partial charge in [0, 0.05) is 16.3 Å². The van der Waals surface area contributed by atoms with Gasteiger partial charge in [-0.05, 0) is 41.7 Å². The van der Waals surface area contributed by atoms with E-state index in [-0.39, 0.29) is 29.1 Å². The van der Waals surface area contributed by atoms with E-state index in [1.54, 1.807) is 7.11 Å². The molecule has 0 unspecified atom stereocenters. The van der Waals surface area contributed by atoms with Gasteiger partial charge < -0.3 is 13.9 Å². The fourth-order valence-electron chi connectivity index (χ4n) is 3.59. The summed E-state index contributed by atoms with van der Waals surface area (Å²) in [7, 11) is -0.232. The summed E-state index contributed by atoms with van der Waals surface area (Å²) in [5, 5.41) is 0.170. The lowest BCUT2D eigenvalue weighted by molar-refractivity contribution is -0.0619. The first-order chi connectivity index (χ1) is 14.9. The molecule has 0 aliphatic heterocycles. The Balaban J connectivity index is 3.18. The molecule has 0 N–H and O–H groups in total. The maximum absolute atomic E-state index is 7.03. The van der Waals surface area contributed by atoms with Gasteiger partial charge in [-0.2, -0.15) is 0 Å². The fourth-order valence-corrected chi connectivity index (χ4v) is 5.58. The molecule has 1 aromatic rings. The van der Waals surface area contributed by atoms with Gasteiger partial charge in [-0.1, -0.05) is 101 Å². The van der Waals surface area contributed by atoms with Crippen molar-refractivity contribution >= 4 is 30.9 Å². The molecule has 1 rings (SSSR count). The standard InChI is InChI=1S/C27H45IO3Si/c1-11-12-13-20(2)25(30-19-23-14-16-24(29-8)17-15-23)22(4)26(21(3)18-28)31-32(9,10)27(5,6)7/h11-17,20-22,25-26H,1,18-19H2,2-10H3/t20-,21-,22+,25-,26+/m0/s1. The molecule has 0 aliphatic rings. The number of benzene rings is 1. The Bertz CT molecular complexity index is 709. The molecule has 5 heteroatoms. The minimum atomic E-state index is -1.92. The molecule has 5 atom stereocenters. The van der Waals surface area contributed by atoms with Crippen LogP contribution in [-0.2, 0) is 15.8 Å². The number of alkyl halides is 1. The Morgan fingerprint density at radius 2 is 1.66 bits per heavy atom. The Hall–Kier alpha value is -0.633. The number of allylic oxidation sites excluding steroid dienone is 2. The number of rotatable bonds is 13. The summed E-state index contributed by atoms with van der Waals surface area (Å²) in [5.41, 5.74) is 1.15. The van der Waals surface area contributed by atoms with Crippen molar-refractivity contribution in [2.75, 3.05) is 11.5 Å². The highest BCUT2D eigenvalue weighted by atomic mass is 127. The molecule has 0 saturated carbocycles. The first kappa shape index (κ1) is 29.4. The quantitative estimate of drug-likeness (QED) is 0.104. The Morgan fingerprint density at radius 1 is 1.06 bits per heavy atom. The maximum Gasteiger partial charge on any atom is 0.192 e. The molecule has 0 spiro atoms. The van der Waals surface area contributed by atoms with Gasteiger partial charge >= 0.3 is 0 Å². The van der Waals surface area contributed by atoms with Crippen molar-refractivity contribution in [1.29, 1.82) is 0 Å². The smallest absolute Gasteiger partial charge is 0.192 e. The summed E-state index contributed by atoms with van der Waals surface area (Å²) in [6.07, 6.45) is 6.23. The third kappa shape index (κ3) is 8.62. The van der Waals surface area contributed by atoms with E-state index in [0.717, 1.165) is 15.7 Å². The number of halogens is 1. The van der Waals surface area contributed by atoms with Crippen LogP contribution in [0.1, 0.15) is 47.1 Å². The molecular weight excluding hydrogens is 527 g/mol. The van der Waals surface area contributed by atoms with Crippen LogP contribution in [0.3, 0.4) is 0 Å². The maximum atomic E-state index is 7.03. The van der Waals surface area contributed by atoms with E-state index >= 15 is 0 Å². The summed E-state index contributed by atoms with van der Waals surface area (Å²) in [6.45, 7) is 22.9. The van der Waals surface area contributed by atoms with Gasteiger partial charge in [0.25, 0.3) is 0 Å². The summed E-state index contributed by atoms with van der Waals surface area (Å²) >= 11 is 2.49. The second kappa shape index (κ2) is 13.3. The van der Waals surface area contributed by atoms with Gasteiger partial charge in [0.05, 0.1) is 25.9 Å². The Morgan fingerprint density at radius 3 is 2.12 bits per heavy atom. The lowest BCUT2D eigenvalue weighted by Crippen LogP contribution is -2.50. The van der Waals surface area contributed by atoms with Gasteiger partial charge in [0.15, 0.2) is 8.32 Å². The topological polar surface area (TPSA) is 27.7 Å². The summed E-state index contributed by atoms with van der Waals surface area (Å²) < 4.78 is 20.0. The molecular formula is C27H45IO3Si. The van der Waals surface area contributed by atoms with E-state index in [1.165, 1.54) is 0 Å². The molecule has 0 fully saturated rings. The minimum absolute atomic E-state index is 0.0356. The number of hydrogen-bond acceptors (Lipinski definition) is 3. The Labute approximate surface area is 212 Å². The van der Waals surface area contributed by atoms with Gasteiger partial charge in [-0.3, -0.25) is 0 Å². The van der Waals surface area contributed by atoms with Crippen molar-refractivity contribution < 1.29 is 13.9 Å². The lowest BCUT2D eigenvalue weighted by Gasteiger charge is -2.44. The van der Waals surface area contributed by atoms with Crippen LogP contribution in [0.5, 0.6) is 5.75 Å². The van der Waals surface area contributed by atoms with Crippen molar-refractivity contribution in [2.45, 2.75) is 78.5 Å². The zero-order valence-corrected chi connectivity index (χ0v) is 24.8. The number of ether oxygens (including phenoxy) is 2. The fraction of sp³-hybridized carbons (Fsp3) is 0.630. The highest BCUT2D eigenvalue weighted by Gasteiger charge is 2.43. The minimum Gasteiger partial charge on any atom is -0.497 e. The molecule has 1 aromatic carbocycles. The van der Waals surface area contributed by atoms with Crippen LogP contribution in [0.25, 0.3) is 0 Å². The highest BCUT2D eigenvalue weighted by Crippen LogP contribution is 2.40. The predicted octanol–water partition coefficient (Wildman–Crippen LogP) is 8.06. The van der Waals surface area contributed by atoms with Crippen molar-refractivity contribution in [3.63, 3.8) is 0 Å². The third-order valence-corrected chi connectivity index (χ3v) is 12.6. The van der Waals surface area contributed by atoms with Crippen molar-refractivity contribution in [3.05, 3.63) is 54.6 Å². The van der Waals surface area contributed by atoms with Gasteiger partial charge in [-0.25, -0.2) is 0 Å². The summed E-state index contributed by atoms with van der Waals surface area (Å²) in [4.78, 5) is 0.